The Kier molecular flexibility index (Phi) is 4.62. The van der Waals surface area contributed by atoms with Crippen molar-refractivity contribution < 1.29 is 5.11 Å². The smallest absolute Gasteiger partial charge is 0.0716 e. The van der Waals surface area contributed by atoms with Gasteiger partial charge in [0.15, 0.2) is 0 Å². The van der Waals surface area contributed by atoms with Crippen molar-refractivity contribution in [2.75, 3.05) is 6.54 Å². The number of nitrogens with two attached hydrogens (primary N) is 1. The molecule has 0 atom stereocenters. The molecule has 0 radical (unpaired) electrons. The minimum atomic E-state index is -0.479. The molecule has 0 unspecified atom stereocenters. The number of hydrogen-bond donors (Lipinski definition) is 2. The molecule has 0 aromatic carbocycles. The van der Waals surface area contributed by atoms with Gasteiger partial charge in [0, 0.05) is 12.0 Å². The van der Waals surface area contributed by atoms with Gasteiger partial charge in [-0.05, 0) is 56.3 Å². The Morgan fingerprint density at radius 2 is 1.58 bits per heavy atom. The van der Waals surface area contributed by atoms with Crippen molar-refractivity contribution in [3.8, 4) is 0 Å². The molecule has 2 aliphatic rings. The van der Waals surface area contributed by atoms with E-state index in [0.29, 0.717) is 6.54 Å². The molecule has 2 heteroatoms. The summed E-state index contributed by atoms with van der Waals surface area (Å²) in [5.74, 6) is 2.37. The van der Waals surface area contributed by atoms with Crippen molar-refractivity contribution in [2.45, 2.75) is 77.7 Å². The lowest BCUT2D eigenvalue weighted by molar-refractivity contribution is -0.134. The van der Waals surface area contributed by atoms with Crippen LogP contribution in [0.5, 0.6) is 0 Å². The Morgan fingerprint density at radius 3 is 2.00 bits per heavy atom. The molecule has 3 N–H and O–H groups in total. The molecule has 19 heavy (non-hydrogen) atoms. The van der Waals surface area contributed by atoms with Crippen LogP contribution < -0.4 is 5.73 Å². The molecule has 2 nitrogen and oxygen atoms in total. The molecule has 0 aromatic heterocycles. The molecule has 0 spiro atoms. The van der Waals surface area contributed by atoms with Crippen LogP contribution in [0.2, 0.25) is 0 Å². The lowest BCUT2D eigenvalue weighted by Gasteiger charge is -2.53. The fourth-order valence-electron chi connectivity index (χ4n) is 4.49. The Balaban J connectivity index is 2.06. The van der Waals surface area contributed by atoms with E-state index in [9.17, 15) is 5.11 Å². The highest BCUT2D eigenvalue weighted by Crippen LogP contribution is 2.52. The summed E-state index contributed by atoms with van der Waals surface area (Å²) >= 11 is 0. The van der Waals surface area contributed by atoms with Crippen LogP contribution >= 0.6 is 0 Å². The van der Waals surface area contributed by atoms with Crippen LogP contribution in [0.3, 0.4) is 0 Å². The quantitative estimate of drug-likeness (QED) is 0.818. The van der Waals surface area contributed by atoms with Gasteiger partial charge in [0.2, 0.25) is 0 Å². The van der Waals surface area contributed by atoms with Gasteiger partial charge < -0.3 is 10.8 Å². The molecular formula is C17H33NO. The minimum Gasteiger partial charge on any atom is -0.389 e. The van der Waals surface area contributed by atoms with Crippen LogP contribution in [-0.4, -0.2) is 17.3 Å². The van der Waals surface area contributed by atoms with E-state index in [1.807, 2.05) is 0 Å². The van der Waals surface area contributed by atoms with E-state index < -0.39 is 5.60 Å². The maximum absolute atomic E-state index is 11.3. The lowest BCUT2D eigenvalue weighted by Crippen LogP contribution is -2.56. The Hall–Kier alpha value is -0.0800. The minimum absolute atomic E-state index is 0.0153. The van der Waals surface area contributed by atoms with Crippen molar-refractivity contribution in [3.05, 3.63) is 0 Å². The second-order valence-corrected chi connectivity index (χ2v) is 7.78. The van der Waals surface area contributed by atoms with Crippen LogP contribution in [0.15, 0.2) is 0 Å². The third-order valence-corrected chi connectivity index (χ3v) is 6.41. The molecule has 2 fully saturated rings. The molecule has 2 aliphatic carbocycles. The molecule has 0 aliphatic heterocycles. The van der Waals surface area contributed by atoms with Gasteiger partial charge >= 0.3 is 0 Å². The molecule has 0 amide bonds. The second kappa shape index (κ2) is 5.73. The fourth-order valence-corrected chi connectivity index (χ4v) is 4.49. The van der Waals surface area contributed by atoms with Gasteiger partial charge in [0.25, 0.3) is 0 Å². The van der Waals surface area contributed by atoms with Crippen molar-refractivity contribution in [1.29, 1.82) is 0 Å². The largest absolute Gasteiger partial charge is 0.389 e. The van der Waals surface area contributed by atoms with E-state index in [1.54, 1.807) is 0 Å². The normalized spacial score (nSPS) is 44.5. The SMILES string of the molecule is CC1CCC(CN)(C2(O)CCC(C(C)C)CC2)CC1. The lowest BCUT2D eigenvalue weighted by atomic mass is 9.56. The summed E-state index contributed by atoms with van der Waals surface area (Å²) < 4.78 is 0. The predicted molar refractivity (Wildman–Crippen MR) is 80.9 cm³/mol. The van der Waals surface area contributed by atoms with E-state index in [0.717, 1.165) is 43.4 Å². The van der Waals surface area contributed by atoms with Crippen molar-refractivity contribution in [3.63, 3.8) is 0 Å². The van der Waals surface area contributed by atoms with Gasteiger partial charge in [0.05, 0.1) is 5.60 Å². The summed E-state index contributed by atoms with van der Waals surface area (Å²) in [7, 11) is 0. The first kappa shape index (κ1) is 15.3. The van der Waals surface area contributed by atoms with Crippen molar-refractivity contribution in [1.82, 2.24) is 0 Å². The fraction of sp³-hybridized carbons (Fsp3) is 1.00. The summed E-state index contributed by atoms with van der Waals surface area (Å²) in [5.41, 5.74) is 5.67. The monoisotopic (exact) mass is 267 g/mol. The summed E-state index contributed by atoms with van der Waals surface area (Å²) in [6, 6.07) is 0. The highest BCUT2D eigenvalue weighted by Gasteiger charge is 2.51. The first-order chi connectivity index (χ1) is 8.92. The average molecular weight is 267 g/mol. The zero-order valence-electron chi connectivity index (χ0n) is 13.1. The summed E-state index contributed by atoms with van der Waals surface area (Å²) in [6.07, 6.45) is 9.07. The van der Waals surface area contributed by atoms with E-state index in [2.05, 4.69) is 20.8 Å². The third kappa shape index (κ3) is 2.85. The predicted octanol–water partition coefficient (Wildman–Crippen LogP) is 3.72. The maximum Gasteiger partial charge on any atom is 0.0716 e. The molecule has 0 saturated heterocycles. The van der Waals surface area contributed by atoms with E-state index >= 15 is 0 Å². The summed E-state index contributed by atoms with van der Waals surface area (Å²) in [5, 5.41) is 11.3. The summed E-state index contributed by atoms with van der Waals surface area (Å²) in [6.45, 7) is 7.63. The zero-order valence-corrected chi connectivity index (χ0v) is 13.1. The number of rotatable bonds is 3. The van der Waals surface area contributed by atoms with Crippen molar-refractivity contribution in [2.24, 2.45) is 28.9 Å². The van der Waals surface area contributed by atoms with Gasteiger partial charge in [-0.1, -0.05) is 33.6 Å². The highest BCUT2D eigenvalue weighted by molar-refractivity contribution is 5.03. The molecule has 0 aromatic rings. The van der Waals surface area contributed by atoms with Crippen molar-refractivity contribution >= 4 is 0 Å². The maximum atomic E-state index is 11.3. The molecule has 0 bridgehead atoms. The van der Waals surface area contributed by atoms with Crippen LogP contribution in [0, 0.1) is 23.2 Å². The topological polar surface area (TPSA) is 46.2 Å². The van der Waals surface area contributed by atoms with Crippen LogP contribution in [0.4, 0.5) is 0 Å². The van der Waals surface area contributed by atoms with Crippen LogP contribution in [0.1, 0.15) is 72.1 Å². The Morgan fingerprint density at radius 1 is 1.05 bits per heavy atom. The average Bonchev–Trinajstić information content (AvgIpc) is 2.40. The third-order valence-electron chi connectivity index (χ3n) is 6.41. The number of hydrogen-bond acceptors (Lipinski definition) is 2. The molecule has 2 rings (SSSR count). The molecule has 2 saturated carbocycles. The van der Waals surface area contributed by atoms with Crippen LogP contribution in [-0.2, 0) is 0 Å². The molecule has 112 valence electrons. The van der Waals surface area contributed by atoms with E-state index in [4.69, 9.17) is 5.73 Å². The van der Waals surface area contributed by atoms with Gasteiger partial charge in [-0.25, -0.2) is 0 Å². The van der Waals surface area contributed by atoms with E-state index in [-0.39, 0.29) is 5.41 Å². The van der Waals surface area contributed by atoms with Gasteiger partial charge in [-0.2, -0.15) is 0 Å². The Labute approximate surface area is 119 Å². The van der Waals surface area contributed by atoms with Crippen LogP contribution in [0.25, 0.3) is 0 Å². The standard InChI is InChI=1S/C17H33NO/c1-13(2)15-6-10-17(19,11-7-15)16(12-18)8-4-14(3)5-9-16/h13-15,19H,4-12,18H2,1-3H3. The highest BCUT2D eigenvalue weighted by atomic mass is 16.3. The van der Waals surface area contributed by atoms with Gasteiger partial charge in [-0.15, -0.1) is 0 Å². The van der Waals surface area contributed by atoms with Gasteiger partial charge in [0.1, 0.15) is 0 Å². The summed E-state index contributed by atoms with van der Waals surface area (Å²) in [4.78, 5) is 0. The van der Waals surface area contributed by atoms with Gasteiger partial charge in [-0.3, -0.25) is 0 Å². The molecule has 0 heterocycles. The molecular weight excluding hydrogens is 234 g/mol. The first-order valence-corrected chi connectivity index (χ1v) is 8.35. The first-order valence-electron chi connectivity index (χ1n) is 8.35. The zero-order chi connectivity index (χ0) is 14.1. The van der Waals surface area contributed by atoms with E-state index in [1.165, 1.54) is 25.7 Å². The second-order valence-electron chi connectivity index (χ2n) is 7.78. The Bertz CT molecular complexity index is 284. The number of aliphatic hydroxyl groups is 1.